The molecule has 1 amide bonds. The molecule has 0 radical (unpaired) electrons. The van der Waals surface area contributed by atoms with Crippen molar-refractivity contribution in [3.8, 4) is 0 Å². The van der Waals surface area contributed by atoms with Gasteiger partial charge in [0.05, 0.1) is 12.3 Å². The number of carboxylic acid groups (broad SMARTS) is 1. The van der Waals surface area contributed by atoms with Crippen LogP contribution in [0.2, 0.25) is 0 Å². The minimum absolute atomic E-state index is 0.0225. The quantitative estimate of drug-likeness (QED) is 0.539. The number of hydroxylamine groups is 1. The van der Waals surface area contributed by atoms with Gasteiger partial charge in [-0.2, -0.15) is 17.2 Å². The van der Waals surface area contributed by atoms with E-state index in [2.05, 4.69) is 4.84 Å². The van der Waals surface area contributed by atoms with Gasteiger partial charge < -0.3 is 9.94 Å². The summed E-state index contributed by atoms with van der Waals surface area (Å²) in [5.41, 5.74) is 1.93. The first-order valence-electron chi connectivity index (χ1n) is 6.21. The van der Waals surface area contributed by atoms with Crippen molar-refractivity contribution in [3.63, 3.8) is 0 Å². The first-order valence-corrected chi connectivity index (χ1v) is 7.36. The third-order valence-electron chi connectivity index (χ3n) is 2.97. The Balaban J connectivity index is 2.23. The van der Waals surface area contributed by atoms with Crippen LogP contribution in [0.5, 0.6) is 0 Å². The van der Waals surface area contributed by atoms with Crippen LogP contribution in [0.1, 0.15) is 26.2 Å². The first-order chi connectivity index (χ1) is 9.41. The van der Waals surface area contributed by atoms with Crippen LogP contribution >= 0.6 is 11.8 Å². The molecule has 0 bridgehead atoms. The van der Waals surface area contributed by atoms with Gasteiger partial charge in [-0.1, -0.05) is 0 Å². The Labute approximate surface area is 120 Å². The zero-order valence-electron chi connectivity index (χ0n) is 11.1. The molecule has 1 saturated carbocycles. The second kappa shape index (κ2) is 7.88. The summed E-state index contributed by atoms with van der Waals surface area (Å²) in [5, 5.41) is 8.99. The highest BCUT2D eigenvalue weighted by atomic mass is 32.2. The van der Waals surface area contributed by atoms with Crippen molar-refractivity contribution in [1.29, 1.82) is 0 Å². The molecule has 0 aromatic heterocycles. The number of carbonyl (C=O) groups excluding carboxylic acids is 3. The van der Waals surface area contributed by atoms with Crippen molar-refractivity contribution in [3.05, 3.63) is 0 Å². The third-order valence-corrected chi connectivity index (χ3v) is 4.06. The van der Waals surface area contributed by atoms with E-state index in [9.17, 15) is 19.2 Å². The molecular formula is C12H17NO6S. The number of rotatable bonds is 6. The molecule has 0 aliphatic heterocycles. The maximum atomic E-state index is 11.6. The minimum Gasteiger partial charge on any atom is -0.481 e. The maximum Gasteiger partial charge on any atom is 0.333 e. The SMILES string of the molecule is CC(=O)NOC(=O)CCSCC1C(=O)CCC1C(=O)O. The van der Waals surface area contributed by atoms with Gasteiger partial charge in [-0.05, 0) is 6.42 Å². The summed E-state index contributed by atoms with van der Waals surface area (Å²) in [6.45, 7) is 1.22. The molecule has 7 nitrogen and oxygen atoms in total. The van der Waals surface area contributed by atoms with E-state index >= 15 is 0 Å². The standard InChI is InChI=1S/C12H17NO6S/c1-7(14)13-19-11(16)4-5-20-6-9-8(12(17)18)2-3-10(9)15/h8-9H,2-6H2,1H3,(H,13,14)(H,17,18). The summed E-state index contributed by atoms with van der Waals surface area (Å²) in [7, 11) is 0. The molecule has 0 spiro atoms. The van der Waals surface area contributed by atoms with Gasteiger partial charge in [-0.15, -0.1) is 0 Å². The van der Waals surface area contributed by atoms with Gasteiger partial charge in [-0.25, -0.2) is 4.79 Å². The molecule has 2 unspecified atom stereocenters. The van der Waals surface area contributed by atoms with Crippen molar-refractivity contribution < 1.29 is 29.1 Å². The van der Waals surface area contributed by atoms with Crippen LogP contribution < -0.4 is 5.48 Å². The molecule has 0 saturated heterocycles. The van der Waals surface area contributed by atoms with Crippen molar-refractivity contribution in [2.75, 3.05) is 11.5 Å². The highest BCUT2D eigenvalue weighted by Crippen LogP contribution is 2.31. The van der Waals surface area contributed by atoms with Crippen LogP contribution in [-0.4, -0.2) is 40.2 Å². The van der Waals surface area contributed by atoms with E-state index in [1.165, 1.54) is 18.7 Å². The smallest absolute Gasteiger partial charge is 0.333 e. The summed E-state index contributed by atoms with van der Waals surface area (Å²) in [6, 6.07) is 0. The molecule has 8 heteroatoms. The van der Waals surface area contributed by atoms with Gasteiger partial charge in [0.25, 0.3) is 0 Å². The number of aliphatic carboxylic acids is 1. The van der Waals surface area contributed by atoms with Crippen molar-refractivity contribution in [2.24, 2.45) is 11.8 Å². The summed E-state index contributed by atoms with van der Waals surface area (Å²) < 4.78 is 0. The number of nitrogens with one attached hydrogen (secondary N) is 1. The van der Waals surface area contributed by atoms with E-state index in [-0.39, 0.29) is 12.2 Å². The lowest BCUT2D eigenvalue weighted by Crippen LogP contribution is -2.25. The predicted molar refractivity (Wildman–Crippen MR) is 70.7 cm³/mol. The lowest BCUT2D eigenvalue weighted by atomic mass is 9.98. The molecule has 0 aromatic rings. The molecule has 1 aliphatic rings. The number of hydrogen-bond donors (Lipinski definition) is 2. The number of thioether (sulfide) groups is 1. The second-order valence-corrected chi connectivity index (χ2v) is 5.66. The van der Waals surface area contributed by atoms with E-state index in [0.717, 1.165) is 0 Å². The lowest BCUT2D eigenvalue weighted by molar-refractivity contribution is -0.157. The molecule has 1 fully saturated rings. The fourth-order valence-corrected chi connectivity index (χ4v) is 3.11. The molecular weight excluding hydrogens is 286 g/mol. The zero-order valence-corrected chi connectivity index (χ0v) is 11.9. The predicted octanol–water partition coefficient (Wildman–Crippen LogP) is 0.384. The van der Waals surface area contributed by atoms with Crippen molar-refractivity contribution in [2.45, 2.75) is 26.2 Å². The second-order valence-electron chi connectivity index (χ2n) is 4.51. The molecule has 20 heavy (non-hydrogen) atoms. The fraction of sp³-hybridized carbons (Fsp3) is 0.667. The summed E-state index contributed by atoms with van der Waals surface area (Å²) in [5.74, 6) is -2.27. The van der Waals surface area contributed by atoms with Crippen LogP contribution in [0.4, 0.5) is 0 Å². The van der Waals surface area contributed by atoms with Crippen molar-refractivity contribution in [1.82, 2.24) is 5.48 Å². The van der Waals surface area contributed by atoms with E-state index in [0.29, 0.717) is 24.3 Å². The molecule has 1 rings (SSSR count). The topological polar surface area (TPSA) is 110 Å². The van der Waals surface area contributed by atoms with E-state index < -0.39 is 29.7 Å². The molecule has 1 aliphatic carbocycles. The van der Waals surface area contributed by atoms with E-state index in [4.69, 9.17) is 5.11 Å². The maximum absolute atomic E-state index is 11.6. The van der Waals surface area contributed by atoms with E-state index in [1.54, 1.807) is 0 Å². The molecule has 0 heterocycles. The number of Topliss-reactive ketones (excluding diaryl/α,β-unsaturated/α-hetero) is 1. The average Bonchev–Trinajstić information content (AvgIpc) is 2.74. The average molecular weight is 303 g/mol. The van der Waals surface area contributed by atoms with Gasteiger partial charge in [0, 0.05) is 30.8 Å². The van der Waals surface area contributed by atoms with Crippen LogP contribution in [-0.2, 0) is 24.0 Å². The highest BCUT2D eigenvalue weighted by Gasteiger charge is 2.38. The molecule has 112 valence electrons. The number of carboxylic acids is 1. The van der Waals surface area contributed by atoms with Gasteiger partial charge in [0.15, 0.2) is 0 Å². The summed E-state index contributed by atoms with van der Waals surface area (Å²) in [4.78, 5) is 48.7. The van der Waals surface area contributed by atoms with Crippen LogP contribution in [0, 0.1) is 11.8 Å². The van der Waals surface area contributed by atoms with Crippen LogP contribution in [0.15, 0.2) is 0 Å². The Bertz CT molecular complexity index is 411. The molecule has 2 atom stereocenters. The monoisotopic (exact) mass is 303 g/mol. The van der Waals surface area contributed by atoms with Gasteiger partial charge in [0.1, 0.15) is 5.78 Å². The molecule has 0 aromatic carbocycles. The third kappa shape index (κ3) is 5.20. The van der Waals surface area contributed by atoms with Crippen LogP contribution in [0.25, 0.3) is 0 Å². The number of ketones is 1. The summed E-state index contributed by atoms with van der Waals surface area (Å²) >= 11 is 1.34. The Morgan fingerprint density at radius 1 is 1.45 bits per heavy atom. The van der Waals surface area contributed by atoms with Gasteiger partial charge >= 0.3 is 11.9 Å². The van der Waals surface area contributed by atoms with E-state index in [1.807, 2.05) is 5.48 Å². The van der Waals surface area contributed by atoms with Crippen LogP contribution in [0.3, 0.4) is 0 Å². The van der Waals surface area contributed by atoms with Crippen molar-refractivity contribution >= 4 is 35.4 Å². The minimum atomic E-state index is -0.938. The largest absolute Gasteiger partial charge is 0.481 e. The Kier molecular flexibility index (Phi) is 6.50. The number of hydrogen-bond acceptors (Lipinski definition) is 6. The molecule has 2 N–H and O–H groups in total. The fourth-order valence-electron chi connectivity index (χ4n) is 1.96. The zero-order chi connectivity index (χ0) is 15.1. The number of carbonyl (C=O) groups is 4. The normalized spacial score (nSPS) is 21.6. The lowest BCUT2D eigenvalue weighted by Gasteiger charge is -2.13. The summed E-state index contributed by atoms with van der Waals surface area (Å²) in [6.07, 6.45) is 0.792. The van der Waals surface area contributed by atoms with Gasteiger partial charge in [0.2, 0.25) is 5.91 Å². The number of amides is 1. The Morgan fingerprint density at radius 2 is 2.15 bits per heavy atom. The Morgan fingerprint density at radius 3 is 2.75 bits per heavy atom. The first kappa shape index (κ1) is 16.5. The highest BCUT2D eigenvalue weighted by molar-refractivity contribution is 7.99. The Hall–Kier alpha value is -1.57. The van der Waals surface area contributed by atoms with Gasteiger partial charge in [-0.3, -0.25) is 14.4 Å².